The molecule has 0 N–H and O–H groups in total. The average molecular weight is 212 g/mol. The summed E-state index contributed by atoms with van der Waals surface area (Å²) in [6.07, 6.45) is 6.03. The maximum absolute atomic E-state index is 12.8. The van der Waals surface area contributed by atoms with Crippen LogP contribution >= 0.6 is 11.6 Å². The third-order valence-electron chi connectivity index (χ3n) is 1.76. The molecule has 0 aliphatic rings. The molecule has 0 spiro atoms. The molecule has 2 heterocycles. The predicted octanol–water partition coefficient (Wildman–Crippen LogP) is 2.15. The van der Waals surface area contributed by atoms with Gasteiger partial charge in [-0.25, -0.2) is 9.37 Å². The zero-order chi connectivity index (χ0) is 9.97. The average Bonchev–Trinajstić information content (AvgIpc) is 2.66. The number of imidazole rings is 1. The first-order valence-electron chi connectivity index (χ1n) is 3.99. The molecule has 3 nitrogen and oxygen atoms in total. The Kier molecular flexibility index (Phi) is 2.45. The van der Waals surface area contributed by atoms with Gasteiger partial charge in [-0.15, -0.1) is 11.6 Å². The number of nitrogens with zero attached hydrogens (tertiary/aromatic N) is 3. The van der Waals surface area contributed by atoms with Crippen LogP contribution in [0.15, 0.2) is 31.0 Å². The van der Waals surface area contributed by atoms with Crippen LogP contribution < -0.4 is 0 Å². The van der Waals surface area contributed by atoms with Crippen molar-refractivity contribution in [3.8, 4) is 5.69 Å². The quantitative estimate of drug-likeness (QED) is 0.713. The van der Waals surface area contributed by atoms with Crippen LogP contribution in [0.2, 0.25) is 0 Å². The Labute approximate surface area is 85.2 Å². The normalized spacial score (nSPS) is 10.4. The topological polar surface area (TPSA) is 30.7 Å². The summed E-state index contributed by atoms with van der Waals surface area (Å²) >= 11 is 5.59. The van der Waals surface area contributed by atoms with Gasteiger partial charge in [0.05, 0.1) is 36.0 Å². The summed E-state index contributed by atoms with van der Waals surface area (Å²) in [5, 5.41) is 0. The second kappa shape index (κ2) is 3.75. The molecule has 0 amide bonds. The van der Waals surface area contributed by atoms with E-state index in [2.05, 4.69) is 9.97 Å². The molecule has 0 atom stereocenters. The van der Waals surface area contributed by atoms with Crippen LogP contribution in [0.1, 0.15) is 5.69 Å². The smallest absolute Gasteiger partial charge is 0.143 e. The molecule has 2 aromatic heterocycles. The molecule has 0 bridgehead atoms. The van der Waals surface area contributed by atoms with Crippen molar-refractivity contribution >= 4 is 11.6 Å². The lowest BCUT2D eigenvalue weighted by Crippen LogP contribution is -1.92. The summed E-state index contributed by atoms with van der Waals surface area (Å²) in [7, 11) is 0. The summed E-state index contributed by atoms with van der Waals surface area (Å²) in [5.41, 5.74) is 1.38. The molecule has 0 radical (unpaired) electrons. The number of alkyl halides is 1. The molecule has 72 valence electrons. The Morgan fingerprint density at radius 2 is 2.29 bits per heavy atom. The number of rotatable bonds is 2. The van der Waals surface area contributed by atoms with Crippen LogP contribution in [0, 0.1) is 5.82 Å². The van der Waals surface area contributed by atoms with E-state index < -0.39 is 0 Å². The minimum absolute atomic E-state index is 0.343. The fraction of sp³-hybridized carbons (Fsp3) is 0.111. The molecule has 0 unspecified atom stereocenters. The minimum Gasteiger partial charge on any atom is -0.304 e. The van der Waals surface area contributed by atoms with Crippen LogP contribution in [0.3, 0.4) is 0 Å². The summed E-state index contributed by atoms with van der Waals surface area (Å²) < 4.78 is 14.5. The van der Waals surface area contributed by atoms with Gasteiger partial charge in [-0.2, -0.15) is 0 Å². The maximum atomic E-state index is 12.8. The molecule has 0 aromatic carbocycles. The van der Waals surface area contributed by atoms with Gasteiger partial charge in [0.15, 0.2) is 0 Å². The Bertz CT molecular complexity index is 441. The third-order valence-corrected chi connectivity index (χ3v) is 2.04. The Morgan fingerprint density at radius 1 is 1.43 bits per heavy atom. The van der Waals surface area contributed by atoms with E-state index in [1.165, 1.54) is 6.07 Å². The van der Waals surface area contributed by atoms with Crippen molar-refractivity contribution in [2.24, 2.45) is 0 Å². The molecule has 0 aliphatic carbocycles. The third kappa shape index (κ3) is 1.75. The van der Waals surface area contributed by atoms with Gasteiger partial charge in [-0.3, -0.25) is 4.98 Å². The highest BCUT2D eigenvalue weighted by molar-refractivity contribution is 6.16. The van der Waals surface area contributed by atoms with Crippen molar-refractivity contribution in [2.75, 3.05) is 0 Å². The molecular formula is C9H7ClFN3. The van der Waals surface area contributed by atoms with E-state index in [9.17, 15) is 4.39 Å². The van der Waals surface area contributed by atoms with E-state index in [-0.39, 0.29) is 5.82 Å². The van der Waals surface area contributed by atoms with Gasteiger partial charge in [0.1, 0.15) is 5.82 Å². The minimum atomic E-state index is -0.372. The second-order valence-electron chi connectivity index (χ2n) is 2.77. The van der Waals surface area contributed by atoms with E-state index in [4.69, 9.17) is 11.6 Å². The number of hydrogen-bond donors (Lipinski definition) is 0. The molecular weight excluding hydrogens is 205 g/mol. The number of pyridine rings is 1. The van der Waals surface area contributed by atoms with Crippen LogP contribution in [0.4, 0.5) is 4.39 Å². The van der Waals surface area contributed by atoms with Gasteiger partial charge >= 0.3 is 0 Å². The summed E-state index contributed by atoms with van der Waals surface area (Å²) in [6.45, 7) is 0. The van der Waals surface area contributed by atoms with Gasteiger partial charge in [-0.1, -0.05) is 0 Å². The lowest BCUT2D eigenvalue weighted by Gasteiger charge is -1.99. The zero-order valence-corrected chi connectivity index (χ0v) is 7.95. The lowest BCUT2D eigenvalue weighted by molar-refractivity contribution is 0.620. The molecule has 2 rings (SSSR count). The molecule has 0 saturated carbocycles. The number of halogens is 2. The number of aromatic nitrogens is 3. The Balaban J connectivity index is 2.39. The highest BCUT2D eigenvalue weighted by Gasteiger charge is 2.00. The first kappa shape index (κ1) is 9.15. The van der Waals surface area contributed by atoms with Crippen molar-refractivity contribution < 1.29 is 4.39 Å². The van der Waals surface area contributed by atoms with Crippen molar-refractivity contribution in [2.45, 2.75) is 5.88 Å². The maximum Gasteiger partial charge on any atom is 0.143 e. The SMILES string of the molecule is Fc1cncc(-n2cnc(CCl)c2)c1. The van der Waals surface area contributed by atoms with Crippen molar-refractivity contribution in [3.63, 3.8) is 0 Å². The highest BCUT2D eigenvalue weighted by atomic mass is 35.5. The fourth-order valence-electron chi connectivity index (χ4n) is 1.12. The van der Waals surface area contributed by atoms with E-state index in [1.54, 1.807) is 23.3 Å². The Morgan fingerprint density at radius 3 is 2.93 bits per heavy atom. The van der Waals surface area contributed by atoms with E-state index in [0.29, 0.717) is 11.6 Å². The van der Waals surface area contributed by atoms with Crippen LogP contribution in [-0.4, -0.2) is 14.5 Å². The van der Waals surface area contributed by atoms with E-state index in [0.717, 1.165) is 11.9 Å². The van der Waals surface area contributed by atoms with E-state index >= 15 is 0 Å². The standard InChI is InChI=1S/C9H7ClFN3/c10-2-8-5-14(6-13-8)9-1-7(11)3-12-4-9/h1,3-6H,2H2. The van der Waals surface area contributed by atoms with Crippen LogP contribution in [0.25, 0.3) is 5.69 Å². The van der Waals surface area contributed by atoms with Crippen LogP contribution in [0.5, 0.6) is 0 Å². The van der Waals surface area contributed by atoms with Gasteiger partial charge in [0.2, 0.25) is 0 Å². The highest BCUT2D eigenvalue weighted by Crippen LogP contribution is 2.09. The summed E-state index contributed by atoms with van der Waals surface area (Å²) in [5.74, 6) is -0.0286. The molecule has 5 heteroatoms. The number of hydrogen-bond acceptors (Lipinski definition) is 2. The summed E-state index contributed by atoms with van der Waals surface area (Å²) in [4.78, 5) is 7.76. The van der Waals surface area contributed by atoms with Gasteiger partial charge in [-0.05, 0) is 0 Å². The fourth-order valence-corrected chi connectivity index (χ4v) is 1.25. The zero-order valence-electron chi connectivity index (χ0n) is 7.19. The van der Waals surface area contributed by atoms with Gasteiger partial charge in [0.25, 0.3) is 0 Å². The molecule has 0 fully saturated rings. The first-order valence-corrected chi connectivity index (χ1v) is 4.53. The lowest BCUT2D eigenvalue weighted by atomic mass is 10.4. The van der Waals surface area contributed by atoms with Gasteiger partial charge in [0, 0.05) is 12.3 Å². The molecule has 14 heavy (non-hydrogen) atoms. The second-order valence-corrected chi connectivity index (χ2v) is 3.03. The largest absolute Gasteiger partial charge is 0.304 e. The molecule has 0 saturated heterocycles. The van der Waals surface area contributed by atoms with Crippen molar-refractivity contribution in [3.05, 3.63) is 42.5 Å². The Hall–Kier alpha value is -1.42. The van der Waals surface area contributed by atoms with E-state index in [1.807, 2.05) is 0 Å². The van der Waals surface area contributed by atoms with Crippen LogP contribution in [-0.2, 0) is 5.88 Å². The van der Waals surface area contributed by atoms with Gasteiger partial charge < -0.3 is 4.57 Å². The molecule has 2 aromatic rings. The van der Waals surface area contributed by atoms with Crippen molar-refractivity contribution in [1.29, 1.82) is 0 Å². The predicted molar refractivity (Wildman–Crippen MR) is 50.9 cm³/mol. The molecule has 0 aliphatic heterocycles. The summed E-state index contributed by atoms with van der Waals surface area (Å²) in [6, 6.07) is 1.38. The monoisotopic (exact) mass is 211 g/mol. The van der Waals surface area contributed by atoms with Crippen molar-refractivity contribution in [1.82, 2.24) is 14.5 Å². The first-order chi connectivity index (χ1) is 6.79.